The topological polar surface area (TPSA) is 80.7 Å². The van der Waals surface area contributed by atoms with E-state index in [1.54, 1.807) is 0 Å². The lowest BCUT2D eigenvalue weighted by molar-refractivity contribution is -0.151. The molecule has 2 aliphatic carbocycles. The fourth-order valence-electron chi connectivity index (χ4n) is 4.97. The highest BCUT2D eigenvalue weighted by molar-refractivity contribution is 5.82. The molecule has 166 valence electrons. The molecule has 1 fully saturated rings. The Kier molecular flexibility index (Phi) is 9.07. The summed E-state index contributed by atoms with van der Waals surface area (Å²) >= 11 is 0. The molecular formula is C25H36O5. The highest BCUT2D eigenvalue weighted by Gasteiger charge is 2.51. The molecule has 0 saturated heterocycles. The monoisotopic (exact) mass is 416 g/mol. The Morgan fingerprint density at radius 1 is 1.27 bits per heavy atom. The smallest absolute Gasteiger partial charge is 0.331 e. The molecule has 0 spiro atoms. The van der Waals surface area contributed by atoms with Crippen LogP contribution in [-0.2, 0) is 19.1 Å². The summed E-state index contributed by atoms with van der Waals surface area (Å²) < 4.78 is 5.74. The van der Waals surface area contributed by atoms with Gasteiger partial charge in [-0.2, -0.15) is 0 Å². The number of carbonyl (C=O) groups excluding carboxylic acids is 2. The van der Waals surface area contributed by atoms with Crippen LogP contribution in [0.5, 0.6) is 0 Å². The molecule has 0 aromatic rings. The molecular weight excluding hydrogens is 380 g/mol. The molecule has 0 unspecified atom stereocenters. The van der Waals surface area contributed by atoms with Gasteiger partial charge >= 0.3 is 11.9 Å². The number of hydrogen-bond donors (Lipinski definition) is 1. The van der Waals surface area contributed by atoms with E-state index in [1.807, 2.05) is 19.1 Å². The van der Waals surface area contributed by atoms with Gasteiger partial charge in [0.1, 0.15) is 12.4 Å². The van der Waals surface area contributed by atoms with Crippen LogP contribution < -0.4 is 0 Å². The van der Waals surface area contributed by atoms with E-state index in [2.05, 4.69) is 13.5 Å². The van der Waals surface area contributed by atoms with Crippen molar-refractivity contribution in [2.45, 2.75) is 84.2 Å². The minimum atomic E-state index is -0.839. The van der Waals surface area contributed by atoms with Gasteiger partial charge in [0.25, 0.3) is 0 Å². The summed E-state index contributed by atoms with van der Waals surface area (Å²) in [5.74, 6) is -1.83. The van der Waals surface area contributed by atoms with E-state index in [0.29, 0.717) is 31.3 Å². The number of ether oxygens (including phenoxy) is 1. The van der Waals surface area contributed by atoms with Crippen molar-refractivity contribution >= 4 is 18.2 Å². The maximum absolute atomic E-state index is 12.3. The van der Waals surface area contributed by atoms with Gasteiger partial charge in [-0.25, -0.2) is 4.79 Å². The van der Waals surface area contributed by atoms with Crippen molar-refractivity contribution < 1.29 is 24.2 Å². The Hall–Kier alpha value is -2.17. The summed E-state index contributed by atoms with van der Waals surface area (Å²) in [6.07, 6.45) is 14.6. The van der Waals surface area contributed by atoms with Crippen molar-refractivity contribution in [3.05, 3.63) is 36.0 Å². The molecule has 0 bridgehead atoms. The quantitative estimate of drug-likeness (QED) is 0.160. The number of aliphatic carboxylic acids is 1. The first-order valence-corrected chi connectivity index (χ1v) is 11.3. The molecule has 0 aromatic carbocycles. The Labute approximate surface area is 180 Å². The van der Waals surface area contributed by atoms with E-state index in [1.165, 1.54) is 31.8 Å². The van der Waals surface area contributed by atoms with Crippen LogP contribution in [0.25, 0.3) is 0 Å². The number of hydrogen-bond acceptors (Lipinski definition) is 4. The minimum absolute atomic E-state index is 0.0693. The number of carboxylic acid groups (broad SMARTS) is 1. The second-order valence-corrected chi connectivity index (χ2v) is 8.91. The van der Waals surface area contributed by atoms with Crippen LogP contribution in [0.1, 0.15) is 78.1 Å². The van der Waals surface area contributed by atoms with E-state index in [-0.39, 0.29) is 11.9 Å². The lowest BCUT2D eigenvalue weighted by Gasteiger charge is -2.48. The van der Waals surface area contributed by atoms with Crippen LogP contribution in [0.4, 0.5) is 0 Å². The predicted molar refractivity (Wildman–Crippen MR) is 117 cm³/mol. The summed E-state index contributed by atoms with van der Waals surface area (Å²) in [5, 5.41) is 9.78. The SMILES string of the molecule is C=C(C=O)[C@H]1CC=C2[C@H](OC(=O)/C=C/CCCCCCC)CC[C@H](C(=O)O)[C@@]2(C)C1. The van der Waals surface area contributed by atoms with Gasteiger partial charge in [-0.05, 0) is 55.6 Å². The van der Waals surface area contributed by atoms with Crippen LogP contribution in [-0.4, -0.2) is 29.4 Å². The van der Waals surface area contributed by atoms with Crippen molar-refractivity contribution in [1.82, 2.24) is 0 Å². The molecule has 0 amide bonds. The average Bonchev–Trinajstić information content (AvgIpc) is 2.71. The molecule has 30 heavy (non-hydrogen) atoms. The van der Waals surface area contributed by atoms with Crippen LogP contribution >= 0.6 is 0 Å². The molecule has 2 rings (SSSR count). The second-order valence-electron chi connectivity index (χ2n) is 8.91. The van der Waals surface area contributed by atoms with Gasteiger partial charge < -0.3 is 9.84 Å². The maximum Gasteiger partial charge on any atom is 0.331 e. The van der Waals surface area contributed by atoms with Crippen LogP contribution in [0.15, 0.2) is 36.0 Å². The highest BCUT2D eigenvalue weighted by Crippen LogP contribution is 2.53. The molecule has 0 heterocycles. The first-order valence-electron chi connectivity index (χ1n) is 11.3. The van der Waals surface area contributed by atoms with E-state index in [9.17, 15) is 19.5 Å². The third-order valence-electron chi connectivity index (χ3n) is 6.75. The van der Waals surface area contributed by atoms with Gasteiger partial charge in [0.15, 0.2) is 0 Å². The molecule has 1 N–H and O–H groups in total. The Balaban J connectivity index is 2.03. The van der Waals surface area contributed by atoms with Crippen molar-refractivity contribution in [3.8, 4) is 0 Å². The summed E-state index contributed by atoms with van der Waals surface area (Å²) in [4.78, 5) is 35.4. The zero-order chi connectivity index (χ0) is 22.1. The fraction of sp³-hybridized carbons (Fsp3) is 0.640. The number of carbonyl (C=O) groups is 3. The number of aldehydes is 1. The average molecular weight is 417 g/mol. The minimum Gasteiger partial charge on any atom is -0.481 e. The van der Waals surface area contributed by atoms with E-state index in [0.717, 1.165) is 24.7 Å². The number of rotatable bonds is 11. The molecule has 4 atom stereocenters. The molecule has 5 nitrogen and oxygen atoms in total. The number of carboxylic acids is 1. The van der Waals surface area contributed by atoms with E-state index < -0.39 is 23.4 Å². The van der Waals surface area contributed by atoms with Crippen molar-refractivity contribution in [1.29, 1.82) is 0 Å². The van der Waals surface area contributed by atoms with Crippen LogP contribution in [0.3, 0.4) is 0 Å². The van der Waals surface area contributed by atoms with Gasteiger partial charge in [0.05, 0.1) is 5.92 Å². The van der Waals surface area contributed by atoms with E-state index in [4.69, 9.17) is 4.74 Å². The van der Waals surface area contributed by atoms with Gasteiger partial charge in [-0.1, -0.05) is 58.3 Å². The first kappa shape index (κ1) is 24.1. The molecule has 2 aliphatic rings. The Morgan fingerprint density at radius 2 is 2.00 bits per heavy atom. The number of esters is 1. The van der Waals surface area contributed by atoms with Crippen LogP contribution in [0.2, 0.25) is 0 Å². The zero-order valence-electron chi connectivity index (χ0n) is 18.4. The predicted octanol–water partition coefficient (Wildman–Crippen LogP) is 5.41. The van der Waals surface area contributed by atoms with Gasteiger partial charge in [0, 0.05) is 11.5 Å². The maximum atomic E-state index is 12.3. The van der Waals surface area contributed by atoms with Gasteiger partial charge in [-0.3, -0.25) is 9.59 Å². The molecule has 0 radical (unpaired) electrons. The number of fused-ring (bicyclic) bond motifs is 1. The zero-order valence-corrected chi connectivity index (χ0v) is 18.4. The Morgan fingerprint density at radius 3 is 2.67 bits per heavy atom. The summed E-state index contributed by atoms with van der Waals surface area (Å²) in [6, 6.07) is 0. The first-order chi connectivity index (χ1) is 14.3. The highest BCUT2D eigenvalue weighted by atomic mass is 16.5. The van der Waals surface area contributed by atoms with Crippen molar-refractivity contribution in [3.63, 3.8) is 0 Å². The summed E-state index contributed by atoms with van der Waals surface area (Å²) in [5.41, 5.74) is 0.737. The lowest BCUT2D eigenvalue weighted by Crippen LogP contribution is -2.47. The normalized spacial score (nSPS) is 28.5. The van der Waals surface area contributed by atoms with Crippen molar-refractivity contribution in [2.24, 2.45) is 17.3 Å². The standard InChI is InChI=1S/C25H36O5/c1-4-5-6-7-8-9-10-11-23(27)30-22-15-14-21(24(28)29)25(3)16-19(18(2)17-26)12-13-20(22)25/h10-11,13,17,19,21-22H,2,4-9,12,14-16H2,1,3H3,(H,28,29)/b11-10+/t19-,21+,22+,25-/m0/s1. The third kappa shape index (κ3) is 5.93. The van der Waals surface area contributed by atoms with E-state index >= 15 is 0 Å². The Bertz CT molecular complexity index is 704. The molecule has 0 aromatic heterocycles. The fourth-order valence-corrected chi connectivity index (χ4v) is 4.97. The summed E-state index contributed by atoms with van der Waals surface area (Å²) in [7, 11) is 0. The summed E-state index contributed by atoms with van der Waals surface area (Å²) in [6.45, 7) is 7.94. The lowest BCUT2D eigenvalue weighted by atomic mass is 9.56. The van der Waals surface area contributed by atoms with Crippen molar-refractivity contribution in [2.75, 3.05) is 0 Å². The van der Waals surface area contributed by atoms with Gasteiger partial charge in [-0.15, -0.1) is 0 Å². The second kappa shape index (κ2) is 11.3. The molecule has 5 heteroatoms. The molecule has 1 saturated carbocycles. The third-order valence-corrected chi connectivity index (χ3v) is 6.75. The van der Waals surface area contributed by atoms with Crippen LogP contribution in [0, 0.1) is 17.3 Å². The number of allylic oxidation sites excluding steroid dienone is 3. The number of unbranched alkanes of at least 4 members (excludes halogenated alkanes) is 5. The largest absolute Gasteiger partial charge is 0.481 e. The molecule has 0 aliphatic heterocycles. The van der Waals surface area contributed by atoms with Gasteiger partial charge in [0.2, 0.25) is 0 Å².